The minimum atomic E-state index is -1.52. The number of Topliss-reactive ketones (excluding diaryl/α,β-unsaturated/α-hetero) is 1. The summed E-state index contributed by atoms with van der Waals surface area (Å²) in [6.45, 7) is 21.1. The highest BCUT2D eigenvalue weighted by Crippen LogP contribution is 2.45. The number of nitrogens with zero attached hydrogens (tertiary/aromatic N) is 5. The average Bonchev–Trinajstić information content (AvgIpc) is 3.46. The van der Waals surface area contributed by atoms with Crippen molar-refractivity contribution in [3.63, 3.8) is 0 Å². The van der Waals surface area contributed by atoms with Crippen LogP contribution in [0.3, 0.4) is 0 Å². The van der Waals surface area contributed by atoms with Gasteiger partial charge in [0.1, 0.15) is 24.2 Å². The van der Waals surface area contributed by atoms with E-state index in [1.165, 1.54) is 18.9 Å². The maximum absolute atomic E-state index is 14.8. The molecule has 0 saturated carbocycles. The van der Waals surface area contributed by atoms with E-state index in [9.17, 15) is 24.7 Å². The summed E-state index contributed by atoms with van der Waals surface area (Å²) in [4.78, 5) is 61.5. The Labute approximate surface area is 361 Å². The molecule has 18 nitrogen and oxygen atoms in total. The Hall–Kier alpha value is -3.09. The van der Waals surface area contributed by atoms with Crippen LogP contribution >= 0.6 is 0 Å². The van der Waals surface area contributed by atoms with Gasteiger partial charge in [0.05, 0.1) is 42.0 Å². The normalized spacial score (nSPS) is 44.0. The summed E-state index contributed by atoms with van der Waals surface area (Å²) in [7, 11) is 7.15. The molecule has 0 aromatic carbocycles. The van der Waals surface area contributed by atoms with Crippen LogP contribution in [-0.2, 0) is 57.0 Å². The van der Waals surface area contributed by atoms with Crippen LogP contribution in [0.1, 0.15) is 109 Å². The van der Waals surface area contributed by atoms with Gasteiger partial charge in [-0.15, -0.1) is 0 Å². The summed E-state index contributed by atoms with van der Waals surface area (Å²) in [6.07, 6.45) is -5.60. The number of hydrogen-bond donors (Lipinski definition) is 0. The van der Waals surface area contributed by atoms with Crippen LogP contribution in [0.4, 0.5) is 4.79 Å². The first-order valence-electron chi connectivity index (χ1n) is 21.7. The Bertz CT molecular complexity index is 1620. The number of carbonyl (C=O) groups is 4. The van der Waals surface area contributed by atoms with Crippen LogP contribution in [0.25, 0.3) is 10.4 Å². The summed E-state index contributed by atoms with van der Waals surface area (Å²) < 4.78 is 57.6. The third kappa shape index (κ3) is 10.5. The summed E-state index contributed by atoms with van der Waals surface area (Å²) in [6, 6.07) is -0.851. The fourth-order valence-electron chi connectivity index (χ4n) is 10.6. The Morgan fingerprint density at radius 3 is 2.10 bits per heavy atom. The molecule has 0 aromatic rings. The molecule has 4 heterocycles. The zero-order valence-corrected chi connectivity index (χ0v) is 39.2. The number of methoxy groups -OCH3 is 2. The third-order valence-corrected chi connectivity index (χ3v) is 14.0. The molecule has 61 heavy (non-hydrogen) atoms. The summed E-state index contributed by atoms with van der Waals surface area (Å²) in [5.74, 6) is -4.62. The van der Waals surface area contributed by atoms with Gasteiger partial charge in [-0.1, -0.05) is 39.7 Å². The molecule has 1 amide bonds. The van der Waals surface area contributed by atoms with E-state index < -0.39 is 114 Å². The smallest absolute Gasteiger partial charge is 0.411 e. The maximum Gasteiger partial charge on any atom is 0.411 e. The largest absolute Gasteiger partial charge is 0.458 e. The number of cyclic esters (lactones) is 1. The van der Waals surface area contributed by atoms with E-state index in [0.717, 1.165) is 6.42 Å². The topological polar surface area (TPSA) is 207 Å². The Balaban J connectivity index is 1.91. The monoisotopic (exact) mass is 868 g/mol. The molecule has 4 fully saturated rings. The van der Waals surface area contributed by atoms with E-state index in [2.05, 4.69) is 21.8 Å². The van der Waals surface area contributed by atoms with Gasteiger partial charge in [0.25, 0.3) is 0 Å². The first-order valence-corrected chi connectivity index (χ1v) is 21.7. The molecule has 0 spiro atoms. The van der Waals surface area contributed by atoms with Gasteiger partial charge in [-0.2, -0.15) is 0 Å². The van der Waals surface area contributed by atoms with Crippen LogP contribution < -0.4 is 0 Å². The Morgan fingerprint density at radius 2 is 1.54 bits per heavy atom. The molecule has 348 valence electrons. The number of fused-ring (bicyclic) bond motifs is 1. The standard InChI is InChI=1S/C43H73N5O13/c1-17-31-43(12)35(48(21-45-46-44)40(52)61-43)25(5)33(50)22(2)19-41(10,53-15)36(60-39-24(4)30(47(13)14)18-23(3)55-39)26(6)34(27(7)38(51)58-31)59-32-20-42(11,54-16)37(28(8)56-32)57-29(9)49/h22-28,30-32,34-37,39H,17-21H2,1-16H3/t22-,23?,24?,25+,26+,27-,28?,30?,31-,32?,34+,35-,36-,37?,39?,41+,42?,43-/m1/s1. The van der Waals surface area contributed by atoms with Crippen LogP contribution in [-0.4, -0.2) is 147 Å². The molecular formula is C43H73N5O13. The molecule has 4 saturated heterocycles. The summed E-state index contributed by atoms with van der Waals surface area (Å²) >= 11 is 0. The fourth-order valence-corrected chi connectivity index (χ4v) is 10.6. The van der Waals surface area contributed by atoms with Crippen LogP contribution in [0.2, 0.25) is 0 Å². The Morgan fingerprint density at radius 1 is 0.918 bits per heavy atom. The lowest BCUT2D eigenvalue weighted by Crippen LogP contribution is -2.61. The van der Waals surface area contributed by atoms with Crippen molar-refractivity contribution in [2.45, 2.75) is 187 Å². The molecule has 18 atom stereocenters. The molecule has 0 radical (unpaired) electrons. The summed E-state index contributed by atoms with van der Waals surface area (Å²) in [5.41, 5.74) is 5.48. The highest BCUT2D eigenvalue weighted by Gasteiger charge is 2.61. The first-order chi connectivity index (χ1) is 28.4. The molecule has 0 aliphatic carbocycles. The van der Waals surface area contributed by atoms with Crippen LogP contribution in [0.5, 0.6) is 0 Å². The van der Waals surface area contributed by atoms with Gasteiger partial charge >= 0.3 is 18.0 Å². The predicted octanol–water partition coefficient (Wildman–Crippen LogP) is 6.02. The predicted molar refractivity (Wildman–Crippen MR) is 222 cm³/mol. The van der Waals surface area contributed by atoms with Gasteiger partial charge in [-0.25, -0.2) is 4.79 Å². The number of hydrogen-bond acceptors (Lipinski definition) is 15. The molecule has 0 N–H and O–H groups in total. The van der Waals surface area contributed by atoms with Crippen molar-refractivity contribution in [2.24, 2.45) is 34.7 Å². The van der Waals surface area contributed by atoms with E-state index in [0.29, 0.717) is 0 Å². The second-order valence-corrected chi connectivity index (χ2v) is 18.8. The van der Waals surface area contributed by atoms with E-state index >= 15 is 0 Å². The van der Waals surface area contributed by atoms with Crippen LogP contribution in [0.15, 0.2) is 5.11 Å². The SMILES string of the molecule is CC[C@H]1OC(=O)[C@H](C)[C@@H](OC2CC(C)(OC)C(OC(C)=O)C(C)O2)[C@H](C)[C@@H](OC2OC(C)CC(N(C)C)C2C)[C@@](C)(OC)C[C@@H](C)C(=O)[C@H](C)[C@H]2N(CN=[N+]=[N-])C(=O)O[C@]12C. The highest BCUT2D eigenvalue weighted by atomic mass is 16.7. The summed E-state index contributed by atoms with van der Waals surface area (Å²) in [5, 5.41) is 3.66. The number of carbonyl (C=O) groups excluding carboxylic acids is 4. The molecule has 0 aromatic heterocycles. The number of ketones is 1. The second-order valence-electron chi connectivity index (χ2n) is 18.8. The quantitative estimate of drug-likeness (QED) is 0.0766. The lowest BCUT2D eigenvalue weighted by molar-refractivity contribution is -0.315. The lowest BCUT2D eigenvalue weighted by atomic mass is 9.73. The highest BCUT2D eigenvalue weighted by molar-refractivity contribution is 5.85. The molecule has 4 rings (SSSR count). The number of rotatable bonds is 11. The van der Waals surface area contributed by atoms with Crippen molar-refractivity contribution in [3.8, 4) is 0 Å². The van der Waals surface area contributed by atoms with Gasteiger partial charge in [-0.05, 0) is 80.4 Å². The van der Waals surface area contributed by atoms with Crippen molar-refractivity contribution in [1.82, 2.24) is 9.80 Å². The maximum atomic E-state index is 14.8. The molecular weight excluding hydrogens is 794 g/mol. The van der Waals surface area contributed by atoms with E-state index in [-0.39, 0.29) is 43.1 Å². The van der Waals surface area contributed by atoms with Crippen LogP contribution in [0, 0.1) is 29.6 Å². The van der Waals surface area contributed by atoms with E-state index in [4.69, 9.17) is 42.6 Å². The van der Waals surface area contributed by atoms with Gasteiger partial charge < -0.3 is 47.5 Å². The van der Waals surface area contributed by atoms with Crippen molar-refractivity contribution in [1.29, 1.82) is 0 Å². The lowest BCUT2D eigenvalue weighted by Gasteiger charge is -2.50. The van der Waals surface area contributed by atoms with E-state index in [1.54, 1.807) is 41.7 Å². The zero-order valence-electron chi connectivity index (χ0n) is 39.2. The van der Waals surface area contributed by atoms with Crippen molar-refractivity contribution in [3.05, 3.63) is 10.4 Å². The zero-order chi connectivity index (χ0) is 45.9. The van der Waals surface area contributed by atoms with Gasteiger partial charge in [0, 0.05) is 62.2 Å². The number of amides is 1. The van der Waals surface area contributed by atoms with Crippen molar-refractivity contribution >= 4 is 23.8 Å². The fraction of sp³-hybridized carbons (Fsp3) is 0.907. The van der Waals surface area contributed by atoms with Gasteiger partial charge in [0.2, 0.25) is 0 Å². The van der Waals surface area contributed by atoms with E-state index in [1.807, 2.05) is 48.7 Å². The average molecular weight is 868 g/mol. The third-order valence-electron chi connectivity index (χ3n) is 14.0. The van der Waals surface area contributed by atoms with Crippen molar-refractivity contribution in [2.75, 3.05) is 35.0 Å². The molecule has 4 aliphatic heterocycles. The number of ether oxygens (including phenoxy) is 9. The number of esters is 2. The van der Waals surface area contributed by atoms with Gasteiger partial charge in [-0.3, -0.25) is 19.3 Å². The molecule has 4 aliphatic rings. The molecule has 0 bridgehead atoms. The minimum Gasteiger partial charge on any atom is -0.458 e. The van der Waals surface area contributed by atoms with Gasteiger partial charge in [0.15, 0.2) is 24.3 Å². The minimum absolute atomic E-state index is 0.0958. The first kappa shape index (κ1) is 50.6. The molecule has 18 heteroatoms. The Kier molecular flexibility index (Phi) is 16.7. The van der Waals surface area contributed by atoms with Crippen molar-refractivity contribution < 1.29 is 61.8 Å². The molecule has 8 unspecified atom stereocenters. The number of azide groups is 1. The second kappa shape index (κ2) is 20.2.